The van der Waals surface area contributed by atoms with Crippen LogP contribution in [0.5, 0.6) is 0 Å². The van der Waals surface area contributed by atoms with Crippen molar-refractivity contribution in [3.8, 4) is 0 Å². The van der Waals surface area contributed by atoms with Crippen LogP contribution >= 0.6 is 0 Å². The molecule has 66 valence electrons. The summed E-state index contributed by atoms with van der Waals surface area (Å²) in [6.45, 7) is 0. The Morgan fingerprint density at radius 2 is 1.82 bits per heavy atom. The number of nitrogens with zero attached hydrogens (tertiary/aromatic N) is 1. The highest BCUT2D eigenvalue weighted by Gasteiger charge is 2.27. The Kier molecular flexibility index (Phi) is 3.35. The first-order valence-electron chi connectivity index (χ1n) is 3.14. The van der Waals surface area contributed by atoms with E-state index in [0.29, 0.717) is 0 Å². The van der Waals surface area contributed by atoms with Crippen LogP contribution in [0.2, 0.25) is 0 Å². The molecule has 5 heteroatoms. The third-order valence-electron chi connectivity index (χ3n) is 1.19. The molecule has 0 rings (SSSR count). The Morgan fingerprint density at radius 3 is 2.09 bits per heavy atom. The molecule has 0 spiro atoms. The van der Waals surface area contributed by atoms with Gasteiger partial charge in [-0.15, -0.1) is 0 Å². The molecule has 0 saturated carbocycles. The lowest BCUT2D eigenvalue weighted by Gasteiger charge is -2.14. The standard InChI is InChI=1S/C6H11F3N2/c1-11(2)5(10)3-4-6(7,8)9/h10H,3-4H2,1-2H3. The van der Waals surface area contributed by atoms with E-state index in [9.17, 15) is 13.2 Å². The molecule has 0 aliphatic rings. The third-order valence-corrected chi connectivity index (χ3v) is 1.19. The fourth-order valence-electron chi connectivity index (χ4n) is 0.484. The van der Waals surface area contributed by atoms with Crippen LogP contribution in [0.3, 0.4) is 0 Å². The lowest BCUT2D eigenvalue weighted by atomic mass is 10.3. The second-order valence-corrected chi connectivity index (χ2v) is 2.46. The average molecular weight is 168 g/mol. The Labute approximate surface area is 63.5 Å². The summed E-state index contributed by atoms with van der Waals surface area (Å²) in [5, 5.41) is 7.05. The van der Waals surface area contributed by atoms with Crippen molar-refractivity contribution in [3.05, 3.63) is 0 Å². The third kappa shape index (κ3) is 5.69. The zero-order chi connectivity index (χ0) is 9.07. The lowest BCUT2D eigenvalue weighted by molar-refractivity contribution is -0.133. The quantitative estimate of drug-likeness (QED) is 0.494. The molecular weight excluding hydrogens is 157 g/mol. The maximum atomic E-state index is 11.6. The summed E-state index contributed by atoms with van der Waals surface area (Å²) in [4.78, 5) is 1.37. The Hall–Kier alpha value is -0.740. The van der Waals surface area contributed by atoms with E-state index in [1.54, 1.807) is 14.1 Å². The highest BCUT2D eigenvalue weighted by molar-refractivity contribution is 5.78. The van der Waals surface area contributed by atoms with Gasteiger partial charge in [-0.1, -0.05) is 0 Å². The molecule has 0 aromatic heterocycles. The monoisotopic (exact) mass is 168 g/mol. The zero-order valence-electron chi connectivity index (χ0n) is 6.50. The van der Waals surface area contributed by atoms with Gasteiger partial charge in [0.25, 0.3) is 0 Å². The first-order valence-corrected chi connectivity index (χ1v) is 3.14. The highest BCUT2D eigenvalue weighted by atomic mass is 19.4. The van der Waals surface area contributed by atoms with Gasteiger partial charge in [-0.05, 0) is 0 Å². The van der Waals surface area contributed by atoms with Crippen LogP contribution < -0.4 is 0 Å². The number of amidine groups is 1. The van der Waals surface area contributed by atoms with Gasteiger partial charge in [0.15, 0.2) is 0 Å². The van der Waals surface area contributed by atoms with Crippen LogP contribution in [0.4, 0.5) is 13.2 Å². The highest BCUT2D eigenvalue weighted by Crippen LogP contribution is 2.21. The predicted molar refractivity (Wildman–Crippen MR) is 36.7 cm³/mol. The average Bonchev–Trinajstić information content (AvgIpc) is 1.80. The second kappa shape index (κ2) is 3.59. The molecule has 0 aromatic rings. The molecule has 11 heavy (non-hydrogen) atoms. The molecule has 0 aliphatic carbocycles. The Bertz CT molecular complexity index is 139. The summed E-state index contributed by atoms with van der Waals surface area (Å²) in [5.41, 5.74) is 0. The number of rotatable bonds is 2. The first-order chi connectivity index (χ1) is 4.83. The SMILES string of the molecule is CN(C)C(=N)CCC(F)(F)F. The van der Waals surface area contributed by atoms with E-state index >= 15 is 0 Å². The largest absolute Gasteiger partial charge is 0.389 e. The van der Waals surface area contributed by atoms with Crippen LogP contribution in [0.1, 0.15) is 12.8 Å². The van der Waals surface area contributed by atoms with E-state index in [4.69, 9.17) is 5.41 Å². The van der Waals surface area contributed by atoms with Crippen molar-refractivity contribution in [3.63, 3.8) is 0 Å². The maximum Gasteiger partial charge on any atom is 0.389 e. The van der Waals surface area contributed by atoms with Gasteiger partial charge in [0.05, 0.1) is 12.3 Å². The van der Waals surface area contributed by atoms with Crippen LogP contribution in [0.15, 0.2) is 0 Å². The van der Waals surface area contributed by atoms with Gasteiger partial charge in [0.1, 0.15) is 0 Å². The molecule has 0 radical (unpaired) electrons. The molecule has 2 nitrogen and oxygen atoms in total. The molecule has 0 unspecified atom stereocenters. The molecular formula is C6H11F3N2. The number of hydrogen-bond donors (Lipinski definition) is 1. The van der Waals surface area contributed by atoms with Gasteiger partial charge < -0.3 is 4.90 Å². The van der Waals surface area contributed by atoms with Gasteiger partial charge in [-0.25, -0.2) is 0 Å². The van der Waals surface area contributed by atoms with Crippen molar-refractivity contribution in [1.29, 1.82) is 5.41 Å². The maximum absolute atomic E-state index is 11.6. The molecule has 0 aliphatic heterocycles. The first kappa shape index (κ1) is 10.3. The summed E-state index contributed by atoms with van der Waals surface area (Å²) in [6.07, 6.45) is -5.30. The Balaban J connectivity index is 3.64. The number of hydrogen-bond acceptors (Lipinski definition) is 1. The topological polar surface area (TPSA) is 27.1 Å². The van der Waals surface area contributed by atoms with E-state index in [2.05, 4.69) is 0 Å². The summed E-state index contributed by atoms with van der Waals surface area (Å²) in [5.74, 6) is 0.00215. The van der Waals surface area contributed by atoms with Crippen molar-refractivity contribution >= 4 is 5.84 Å². The van der Waals surface area contributed by atoms with E-state index < -0.39 is 12.6 Å². The van der Waals surface area contributed by atoms with Gasteiger partial charge >= 0.3 is 6.18 Å². The predicted octanol–water partition coefficient (Wildman–Crippen LogP) is 1.87. The summed E-state index contributed by atoms with van der Waals surface area (Å²) in [7, 11) is 3.11. The fraction of sp³-hybridized carbons (Fsp3) is 0.833. The van der Waals surface area contributed by atoms with Gasteiger partial charge in [-0.3, -0.25) is 5.41 Å². The molecule has 0 aromatic carbocycles. The smallest absolute Gasteiger partial charge is 0.367 e. The zero-order valence-corrected chi connectivity index (χ0v) is 6.50. The van der Waals surface area contributed by atoms with Gasteiger partial charge in [0.2, 0.25) is 0 Å². The summed E-state index contributed by atoms with van der Waals surface area (Å²) >= 11 is 0. The van der Waals surface area contributed by atoms with Crippen molar-refractivity contribution in [2.45, 2.75) is 19.0 Å². The van der Waals surface area contributed by atoms with Gasteiger partial charge in [0, 0.05) is 20.5 Å². The lowest BCUT2D eigenvalue weighted by Crippen LogP contribution is -2.22. The molecule has 0 amide bonds. The molecule has 0 heterocycles. The summed E-state index contributed by atoms with van der Waals surface area (Å²) < 4.78 is 34.7. The number of alkyl halides is 3. The molecule has 0 bridgehead atoms. The van der Waals surface area contributed by atoms with Gasteiger partial charge in [-0.2, -0.15) is 13.2 Å². The van der Waals surface area contributed by atoms with Crippen molar-refractivity contribution in [2.75, 3.05) is 14.1 Å². The molecule has 0 saturated heterocycles. The van der Waals surface area contributed by atoms with E-state index in [1.807, 2.05) is 0 Å². The number of halogens is 3. The van der Waals surface area contributed by atoms with Crippen LogP contribution in [-0.4, -0.2) is 31.0 Å². The Morgan fingerprint density at radius 1 is 1.36 bits per heavy atom. The molecule has 0 fully saturated rings. The minimum Gasteiger partial charge on any atom is -0.367 e. The van der Waals surface area contributed by atoms with E-state index in [1.165, 1.54) is 4.90 Å². The van der Waals surface area contributed by atoms with Crippen molar-refractivity contribution in [1.82, 2.24) is 4.90 Å². The van der Waals surface area contributed by atoms with E-state index in [-0.39, 0.29) is 12.3 Å². The molecule has 1 N–H and O–H groups in total. The summed E-state index contributed by atoms with van der Waals surface area (Å²) in [6, 6.07) is 0. The van der Waals surface area contributed by atoms with Crippen molar-refractivity contribution in [2.24, 2.45) is 0 Å². The van der Waals surface area contributed by atoms with Crippen LogP contribution in [-0.2, 0) is 0 Å². The van der Waals surface area contributed by atoms with E-state index in [0.717, 1.165) is 0 Å². The fourth-order valence-corrected chi connectivity index (χ4v) is 0.484. The molecule has 0 atom stereocenters. The van der Waals surface area contributed by atoms with Crippen LogP contribution in [0.25, 0.3) is 0 Å². The second-order valence-electron chi connectivity index (χ2n) is 2.46. The van der Waals surface area contributed by atoms with Crippen molar-refractivity contribution < 1.29 is 13.2 Å². The minimum absolute atomic E-state index is 0.00215. The normalized spacial score (nSPS) is 11.4. The minimum atomic E-state index is -4.15. The number of nitrogens with one attached hydrogen (secondary N) is 1. The van der Waals surface area contributed by atoms with Crippen LogP contribution in [0, 0.1) is 5.41 Å².